The van der Waals surface area contributed by atoms with Crippen LogP contribution in [0.4, 0.5) is 11.6 Å². The van der Waals surface area contributed by atoms with Gasteiger partial charge < -0.3 is 9.88 Å². The molecule has 0 atom stereocenters. The molecule has 94 valence electrons. The van der Waals surface area contributed by atoms with E-state index in [1.165, 1.54) is 11.1 Å². The van der Waals surface area contributed by atoms with Gasteiger partial charge in [-0.1, -0.05) is 23.8 Å². The van der Waals surface area contributed by atoms with Crippen molar-refractivity contribution in [2.45, 2.75) is 27.3 Å². The maximum Gasteiger partial charge on any atom is 0.207 e. The third-order valence-electron chi connectivity index (χ3n) is 2.85. The van der Waals surface area contributed by atoms with Gasteiger partial charge in [0.15, 0.2) is 0 Å². The van der Waals surface area contributed by atoms with E-state index in [-0.39, 0.29) is 0 Å². The average Bonchev–Trinajstić information content (AvgIpc) is 2.64. The lowest BCUT2D eigenvalue weighted by Crippen LogP contribution is -2.03. The molecule has 0 radical (unpaired) electrons. The average molecular weight is 241 g/mol. The van der Waals surface area contributed by atoms with Gasteiger partial charge in [-0.2, -0.15) is 0 Å². The summed E-state index contributed by atoms with van der Waals surface area (Å²) >= 11 is 0. The van der Waals surface area contributed by atoms with Crippen LogP contribution in [0.1, 0.15) is 16.8 Å². The molecule has 2 aromatic rings. The largest absolute Gasteiger partial charge is 0.325 e. The molecular weight excluding hydrogens is 222 g/mol. The Hall–Kier alpha value is -2.03. The summed E-state index contributed by atoms with van der Waals surface area (Å²) in [6, 6.07) is 6.35. The summed E-state index contributed by atoms with van der Waals surface area (Å²) in [4.78, 5) is 4.49. The molecule has 0 aliphatic heterocycles. The molecule has 0 aliphatic carbocycles. The van der Waals surface area contributed by atoms with Gasteiger partial charge in [0.05, 0.1) is 5.69 Å². The van der Waals surface area contributed by atoms with Gasteiger partial charge in [0, 0.05) is 18.4 Å². The number of allylic oxidation sites excluding steroid dienone is 1. The molecule has 3 nitrogen and oxygen atoms in total. The number of rotatable bonds is 4. The fourth-order valence-corrected chi connectivity index (χ4v) is 2.00. The number of anilines is 2. The van der Waals surface area contributed by atoms with E-state index in [2.05, 4.69) is 53.5 Å². The van der Waals surface area contributed by atoms with E-state index in [1.807, 2.05) is 19.2 Å². The van der Waals surface area contributed by atoms with E-state index >= 15 is 0 Å². The summed E-state index contributed by atoms with van der Waals surface area (Å²) in [5.41, 5.74) is 4.59. The standard InChI is InChI=1S/C15H19N3/c1-5-8-18-10-13(4)16-15(18)17-14-7-6-11(2)9-12(14)3/h5-7,9-10H,1,8H2,2-4H3,(H,16,17). The van der Waals surface area contributed by atoms with E-state index in [4.69, 9.17) is 0 Å². The number of benzene rings is 1. The van der Waals surface area contributed by atoms with Crippen molar-refractivity contribution in [1.82, 2.24) is 9.55 Å². The second-order valence-corrected chi connectivity index (χ2v) is 4.59. The fourth-order valence-electron chi connectivity index (χ4n) is 2.00. The summed E-state index contributed by atoms with van der Waals surface area (Å²) in [6.07, 6.45) is 3.89. The third kappa shape index (κ3) is 2.62. The minimum absolute atomic E-state index is 0.758. The van der Waals surface area contributed by atoms with Crippen molar-refractivity contribution in [2.75, 3.05) is 5.32 Å². The number of hydrogen-bond acceptors (Lipinski definition) is 2. The normalized spacial score (nSPS) is 10.4. The highest BCUT2D eigenvalue weighted by Crippen LogP contribution is 2.21. The number of imidazole rings is 1. The lowest BCUT2D eigenvalue weighted by molar-refractivity contribution is 0.832. The van der Waals surface area contributed by atoms with Crippen molar-refractivity contribution in [3.05, 3.63) is 53.9 Å². The highest BCUT2D eigenvalue weighted by Gasteiger charge is 2.06. The molecule has 1 N–H and O–H groups in total. The number of hydrogen-bond donors (Lipinski definition) is 1. The van der Waals surface area contributed by atoms with E-state index in [0.717, 1.165) is 23.9 Å². The molecule has 0 fully saturated rings. The minimum atomic E-state index is 0.758. The molecule has 1 aromatic carbocycles. The Balaban J connectivity index is 2.30. The van der Waals surface area contributed by atoms with Gasteiger partial charge in [-0.15, -0.1) is 6.58 Å². The first-order valence-electron chi connectivity index (χ1n) is 6.09. The molecule has 3 heteroatoms. The maximum absolute atomic E-state index is 4.49. The van der Waals surface area contributed by atoms with Crippen LogP contribution in [0.2, 0.25) is 0 Å². The summed E-state index contributed by atoms with van der Waals surface area (Å²) < 4.78 is 2.06. The number of nitrogens with one attached hydrogen (secondary N) is 1. The van der Waals surface area contributed by atoms with Gasteiger partial charge in [0.25, 0.3) is 0 Å². The monoisotopic (exact) mass is 241 g/mol. The Bertz CT molecular complexity index is 567. The van der Waals surface area contributed by atoms with Crippen molar-refractivity contribution in [3.8, 4) is 0 Å². The topological polar surface area (TPSA) is 29.9 Å². The van der Waals surface area contributed by atoms with Crippen molar-refractivity contribution in [1.29, 1.82) is 0 Å². The zero-order chi connectivity index (χ0) is 13.1. The molecule has 0 bridgehead atoms. The maximum atomic E-state index is 4.49. The number of aryl methyl sites for hydroxylation is 3. The predicted molar refractivity (Wildman–Crippen MR) is 76.4 cm³/mol. The SMILES string of the molecule is C=CCn1cc(C)nc1Nc1ccc(C)cc1C. The van der Waals surface area contributed by atoms with Crippen molar-refractivity contribution in [3.63, 3.8) is 0 Å². The molecule has 0 amide bonds. The molecule has 18 heavy (non-hydrogen) atoms. The molecular formula is C15H19N3. The molecule has 1 aromatic heterocycles. The second kappa shape index (κ2) is 5.08. The van der Waals surface area contributed by atoms with Crippen LogP contribution in [0.25, 0.3) is 0 Å². The molecule has 0 aliphatic rings. The van der Waals surface area contributed by atoms with Crippen LogP contribution in [0.5, 0.6) is 0 Å². The number of aromatic nitrogens is 2. The highest BCUT2D eigenvalue weighted by atomic mass is 15.2. The van der Waals surface area contributed by atoms with E-state index in [1.54, 1.807) is 0 Å². The Morgan fingerprint density at radius 1 is 1.33 bits per heavy atom. The van der Waals surface area contributed by atoms with Gasteiger partial charge in [-0.25, -0.2) is 4.98 Å². The van der Waals surface area contributed by atoms with Crippen LogP contribution < -0.4 is 5.32 Å². The smallest absolute Gasteiger partial charge is 0.207 e. The summed E-state index contributed by atoms with van der Waals surface area (Å²) in [5.74, 6) is 0.861. The van der Waals surface area contributed by atoms with Crippen LogP contribution in [0, 0.1) is 20.8 Å². The quantitative estimate of drug-likeness (QED) is 0.826. The van der Waals surface area contributed by atoms with Crippen molar-refractivity contribution in [2.24, 2.45) is 0 Å². The fraction of sp³-hybridized carbons (Fsp3) is 0.267. The Morgan fingerprint density at radius 3 is 2.78 bits per heavy atom. The Kier molecular flexibility index (Phi) is 3.51. The van der Waals surface area contributed by atoms with Crippen LogP contribution in [-0.2, 0) is 6.54 Å². The van der Waals surface area contributed by atoms with E-state index in [0.29, 0.717) is 0 Å². The van der Waals surface area contributed by atoms with Crippen LogP contribution in [0.3, 0.4) is 0 Å². The summed E-state index contributed by atoms with van der Waals surface area (Å²) in [7, 11) is 0. The second-order valence-electron chi connectivity index (χ2n) is 4.59. The minimum Gasteiger partial charge on any atom is -0.325 e. The first-order chi connectivity index (χ1) is 8.60. The molecule has 0 spiro atoms. The van der Waals surface area contributed by atoms with Crippen molar-refractivity contribution >= 4 is 11.6 Å². The summed E-state index contributed by atoms with van der Waals surface area (Å²) in [6.45, 7) is 10.7. The summed E-state index contributed by atoms with van der Waals surface area (Å²) in [5, 5.41) is 3.38. The first kappa shape index (κ1) is 12.4. The predicted octanol–water partition coefficient (Wildman–Crippen LogP) is 3.74. The lowest BCUT2D eigenvalue weighted by atomic mass is 10.1. The molecule has 0 saturated carbocycles. The van der Waals surface area contributed by atoms with Gasteiger partial charge in [-0.05, 0) is 32.4 Å². The van der Waals surface area contributed by atoms with E-state index in [9.17, 15) is 0 Å². The first-order valence-corrected chi connectivity index (χ1v) is 6.09. The molecule has 2 rings (SSSR count). The Labute approximate surface area is 108 Å². The van der Waals surface area contributed by atoms with Crippen LogP contribution in [0.15, 0.2) is 37.1 Å². The lowest BCUT2D eigenvalue weighted by Gasteiger charge is -2.11. The zero-order valence-corrected chi connectivity index (χ0v) is 11.2. The molecule has 1 heterocycles. The van der Waals surface area contributed by atoms with Gasteiger partial charge in [0.1, 0.15) is 0 Å². The Morgan fingerprint density at radius 2 is 2.11 bits per heavy atom. The van der Waals surface area contributed by atoms with Crippen molar-refractivity contribution < 1.29 is 0 Å². The zero-order valence-electron chi connectivity index (χ0n) is 11.2. The number of nitrogens with zero attached hydrogens (tertiary/aromatic N) is 2. The molecule has 0 saturated heterocycles. The highest BCUT2D eigenvalue weighted by molar-refractivity contribution is 5.59. The van der Waals surface area contributed by atoms with Gasteiger partial charge in [-0.3, -0.25) is 0 Å². The van der Waals surface area contributed by atoms with E-state index < -0.39 is 0 Å². The van der Waals surface area contributed by atoms with Gasteiger partial charge >= 0.3 is 0 Å². The molecule has 0 unspecified atom stereocenters. The van der Waals surface area contributed by atoms with Crippen LogP contribution in [-0.4, -0.2) is 9.55 Å². The van der Waals surface area contributed by atoms with Gasteiger partial charge in [0.2, 0.25) is 5.95 Å². The third-order valence-corrected chi connectivity index (χ3v) is 2.85. The van der Waals surface area contributed by atoms with Crippen LogP contribution >= 0.6 is 0 Å².